The quantitative estimate of drug-likeness (QED) is 0.455. The first-order valence-corrected chi connectivity index (χ1v) is 7.77. The minimum absolute atomic E-state index is 0.0279. The van der Waals surface area contributed by atoms with Crippen molar-refractivity contribution in [3.05, 3.63) is 50.6 Å². The molecule has 5 heteroatoms. The van der Waals surface area contributed by atoms with Crippen LogP contribution in [0.1, 0.15) is 28.1 Å². The predicted molar refractivity (Wildman–Crippen MR) is 82.4 cm³/mol. The highest BCUT2D eigenvalue weighted by Gasteiger charge is 2.12. The van der Waals surface area contributed by atoms with Gasteiger partial charge in [-0.3, -0.25) is 9.59 Å². The number of carbonyl (C=O) groups is 2. The minimum Gasteiger partial charge on any atom is -0.425 e. The molecule has 0 fully saturated rings. The highest BCUT2D eigenvalue weighted by atomic mass is 79.9. The maximum Gasteiger partial charge on any atom is 0.311 e. The Hall–Kier alpha value is -1.46. The Morgan fingerprint density at radius 3 is 2.70 bits per heavy atom. The van der Waals surface area contributed by atoms with Crippen LogP contribution in [0.2, 0.25) is 0 Å². The number of halogens is 1. The number of Topliss-reactive ketones (excluding diaryl/α,β-unsaturated/α-hetero) is 1. The molecule has 1 heterocycles. The van der Waals surface area contributed by atoms with Gasteiger partial charge < -0.3 is 4.74 Å². The molecule has 1 aromatic heterocycles. The fourth-order valence-corrected chi connectivity index (χ4v) is 2.91. The second-order valence-electron chi connectivity index (χ2n) is 4.31. The van der Waals surface area contributed by atoms with Gasteiger partial charge in [0.1, 0.15) is 5.75 Å². The second-order valence-corrected chi connectivity index (χ2v) is 6.11. The summed E-state index contributed by atoms with van der Waals surface area (Å²) in [6.07, 6.45) is 0.250. The fraction of sp³-hybridized carbons (Fsp3) is 0.200. The van der Waals surface area contributed by atoms with Crippen LogP contribution in [0.15, 0.2) is 40.2 Å². The summed E-state index contributed by atoms with van der Waals surface area (Å²) >= 11 is 4.73. The lowest BCUT2D eigenvalue weighted by Crippen LogP contribution is -2.10. The van der Waals surface area contributed by atoms with E-state index in [1.807, 2.05) is 30.5 Å². The van der Waals surface area contributed by atoms with Crippen molar-refractivity contribution in [3.8, 4) is 5.75 Å². The molecule has 2 aromatic rings. The van der Waals surface area contributed by atoms with Crippen molar-refractivity contribution < 1.29 is 14.3 Å². The first-order chi connectivity index (χ1) is 9.56. The molecule has 0 unspecified atom stereocenters. The summed E-state index contributed by atoms with van der Waals surface area (Å²) < 4.78 is 5.97. The van der Waals surface area contributed by atoms with E-state index in [1.165, 1.54) is 11.3 Å². The number of esters is 1. The third kappa shape index (κ3) is 4.02. The van der Waals surface area contributed by atoms with E-state index in [9.17, 15) is 9.59 Å². The topological polar surface area (TPSA) is 43.4 Å². The molecule has 0 spiro atoms. The normalized spacial score (nSPS) is 10.3. The second kappa shape index (κ2) is 6.81. The lowest BCUT2D eigenvalue weighted by molar-refractivity contribution is -0.134. The lowest BCUT2D eigenvalue weighted by atomic mass is 10.2. The van der Waals surface area contributed by atoms with Gasteiger partial charge in [0.15, 0.2) is 5.78 Å². The van der Waals surface area contributed by atoms with E-state index >= 15 is 0 Å². The summed E-state index contributed by atoms with van der Waals surface area (Å²) in [5, 5.41) is 1.84. The summed E-state index contributed by atoms with van der Waals surface area (Å²) in [6.45, 7) is 1.95. The van der Waals surface area contributed by atoms with Crippen molar-refractivity contribution in [3.63, 3.8) is 0 Å². The number of aryl methyl sites for hydroxylation is 1. The molecule has 0 amide bonds. The SMILES string of the molecule is Cc1ccc(OC(=O)CCC(=O)c2cccs2)c(Br)c1. The molecule has 104 valence electrons. The van der Waals surface area contributed by atoms with Gasteiger partial charge >= 0.3 is 5.97 Å². The standard InChI is InChI=1S/C15H13BrO3S/c1-10-4-6-13(11(16)9-10)19-15(18)7-5-12(17)14-3-2-8-20-14/h2-4,6,8-9H,5,7H2,1H3. The number of thiophene rings is 1. The first-order valence-electron chi connectivity index (χ1n) is 6.10. The van der Waals surface area contributed by atoms with Gasteiger partial charge in [-0.25, -0.2) is 0 Å². The number of ether oxygens (including phenoxy) is 1. The van der Waals surface area contributed by atoms with Crippen LogP contribution in [0.5, 0.6) is 5.75 Å². The smallest absolute Gasteiger partial charge is 0.311 e. The van der Waals surface area contributed by atoms with Crippen LogP contribution in [-0.2, 0) is 4.79 Å². The number of rotatable bonds is 5. The van der Waals surface area contributed by atoms with E-state index in [1.54, 1.807) is 12.1 Å². The van der Waals surface area contributed by atoms with E-state index in [-0.39, 0.29) is 18.6 Å². The van der Waals surface area contributed by atoms with Gasteiger partial charge in [-0.05, 0) is 52.0 Å². The maximum absolute atomic E-state index is 11.8. The zero-order valence-electron chi connectivity index (χ0n) is 10.9. The number of carbonyl (C=O) groups excluding carboxylic acids is 2. The highest BCUT2D eigenvalue weighted by Crippen LogP contribution is 2.26. The molecule has 1 aromatic carbocycles. The van der Waals surface area contributed by atoms with Gasteiger partial charge in [-0.2, -0.15) is 0 Å². The summed E-state index contributed by atoms with van der Waals surface area (Å²) in [6, 6.07) is 9.05. The molecule has 0 saturated heterocycles. The van der Waals surface area contributed by atoms with Crippen molar-refractivity contribution in [1.29, 1.82) is 0 Å². The molecule has 0 N–H and O–H groups in total. The average Bonchev–Trinajstić information content (AvgIpc) is 2.93. The van der Waals surface area contributed by atoms with Crippen LogP contribution in [0.3, 0.4) is 0 Å². The molecule has 0 saturated carbocycles. The van der Waals surface area contributed by atoms with Crippen molar-refractivity contribution in [2.45, 2.75) is 19.8 Å². The van der Waals surface area contributed by atoms with E-state index in [0.717, 1.165) is 10.0 Å². The van der Waals surface area contributed by atoms with Gasteiger partial charge in [0.05, 0.1) is 15.8 Å². The van der Waals surface area contributed by atoms with Crippen molar-refractivity contribution in [2.75, 3.05) is 0 Å². The Bertz CT molecular complexity index is 620. The molecular weight excluding hydrogens is 340 g/mol. The number of ketones is 1. The molecule has 2 rings (SSSR count). The Balaban J connectivity index is 1.88. The molecule has 0 bridgehead atoms. The largest absolute Gasteiger partial charge is 0.425 e. The minimum atomic E-state index is -0.403. The van der Waals surface area contributed by atoms with Gasteiger partial charge in [0, 0.05) is 6.42 Å². The Kier molecular flexibility index (Phi) is 5.09. The molecule has 0 aliphatic heterocycles. The van der Waals surface area contributed by atoms with Gasteiger partial charge in [0.2, 0.25) is 0 Å². The highest BCUT2D eigenvalue weighted by molar-refractivity contribution is 9.10. The van der Waals surface area contributed by atoms with Crippen LogP contribution >= 0.6 is 27.3 Å². The van der Waals surface area contributed by atoms with Crippen molar-refractivity contribution >= 4 is 39.0 Å². The summed E-state index contributed by atoms with van der Waals surface area (Å²) in [7, 11) is 0. The van der Waals surface area contributed by atoms with Crippen LogP contribution in [0.4, 0.5) is 0 Å². The summed E-state index contributed by atoms with van der Waals surface area (Å²) in [5.41, 5.74) is 1.07. The Labute approximate surface area is 129 Å². The lowest BCUT2D eigenvalue weighted by Gasteiger charge is -2.06. The van der Waals surface area contributed by atoms with Crippen molar-refractivity contribution in [2.24, 2.45) is 0 Å². The van der Waals surface area contributed by atoms with Crippen molar-refractivity contribution in [1.82, 2.24) is 0 Å². The van der Waals surface area contributed by atoms with E-state index < -0.39 is 5.97 Å². The summed E-state index contributed by atoms with van der Waals surface area (Å²) in [5.74, 6) is 0.0450. The van der Waals surface area contributed by atoms with E-state index in [2.05, 4.69) is 15.9 Å². The van der Waals surface area contributed by atoms with Gasteiger partial charge in [0.25, 0.3) is 0 Å². The first kappa shape index (κ1) is 14.9. The number of hydrogen-bond donors (Lipinski definition) is 0. The zero-order chi connectivity index (χ0) is 14.5. The molecule has 0 aliphatic rings. The molecule has 0 atom stereocenters. The van der Waals surface area contributed by atoms with Crippen LogP contribution in [0.25, 0.3) is 0 Å². The number of benzene rings is 1. The number of hydrogen-bond acceptors (Lipinski definition) is 4. The third-order valence-electron chi connectivity index (χ3n) is 2.66. The van der Waals surface area contributed by atoms with Crippen LogP contribution in [-0.4, -0.2) is 11.8 Å². The molecule has 0 radical (unpaired) electrons. The van der Waals surface area contributed by atoms with E-state index in [4.69, 9.17) is 4.74 Å². The van der Waals surface area contributed by atoms with Gasteiger partial charge in [-0.15, -0.1) is 11.3 Å². The average molecular weight is 353 g/mol. The predicted octanol–water partition coefficient (Wildman–Crippen LogP) is 4.39. The summed E-state index contributed by atoms with van der Waals surface area (Å²) in [4.78, 5) is 24.2. The zero-order valence-corrected chi connectivity index (χ0v) is 13.3. The fourth-order valence-electron chi connectivity index (χ4n) is 1.64. The Morgan fingerprint density at radius 1 is 1.25 bits per heavy atom. The van der Waals surface area contributed by atoms with E-state index in [0.29, 0.717) is 10.6 Å². The molecule has 0 aliphatic carbocycles. The van der Waals surface area contributed by atoms with Gasteiger partial charge in [-0.1, -0.05) is 12.1 Å². The Morgan fingerprint density at radius 2 is 2.05 bits per heavy atom. The van der Waals surface area contributed by atoms with Crippen LogP contribution < -0.4 is 4.74 Å². The van der Waals surface area contributed by atoms with Crippen LogP contribution in [0, 0.1) is 6.92 Å². The maximum atomic E-state index is 11.8. The molecular formula is C15H13BrO3S. The molecule has 20 heavy (non-hydrogen) atoms. The molecule has 3 nitrogen and oxygen atoms in total. The third-order valence-corrected chi connectivity index (χ3v) is 4.19. The monoisotopic (exact) mass is 352 g/mol.